The topological polar surface area (TPSA) is 71.4 Å². The SMILES string of the molecule is COCC(=O)Nc1ccc(N2C(=S)N[C@H](c3ccccn3)[C@@H]2c2ccc(C)n2-c2ccccc2)cc1. The first-order valence-corrected chi connectivity index (χ1v) is 12.1. The van der Waals surface area contributed by atoms with Crippen LogP contribution in [0, 0.1) is 6.92 Å². The number of hydrogen-bond donors (Lipinski definition) is 2. The summed E-state index contributed by atoms with van der Waals surface area (Å²) in [6, 6.07) is 27.9. The zero-order chi connectivity index (χ0) is 25.1. The quantitative estimate of drug-likeness (QED) is 0.353. The number of methoxy groups -OCH3 is 1. The maximum absolute atomic E-state index is 11.9. The Balaban J connectivity index is 1.58. The van der Waals surface area contributed by atoms with Crippen molar-refractivity contribution in [2.45, 2.75) is 19.0 Å². The Hall–Kier alpha value is -4.01. The number of anilines is 2. The first-order valence-electron chi connectivity index (χ1n) is 11.7. The summed E-state index contributed by atoms with van der Waals surface area (Å²) in [4.78, 5) is 18.7. The first kappa shape index (κ1) is 23.7. The summed E-state index contributed by atoms with van der Waals surface area (Å²) in [6.45, 7) is 2.11. The van der Waals surface area contributed by atoms with Crippen molar-refractivity contribution in [2.75, 3.05) is 23.9 Å². The second-order valence-corrected chi connectivity index (χ2v) is 8.98. The van der Waals surface area contributed by atoms with E-state index in [1.807, 2.05) is 60.7 Å². The largest absolute Gasteiger partial charge is 0.375 e. The smallest absolute Gasteiger partial charge is 0.250 e. The van der Waals surface area contributed by atoms with Crippen LogP contribution in [0.3, 0.4) is 0 Å². The van der Waals surface area contributed by atoms with Gasteiger partial charge in [0.15, 0.2) is 5.11 Å². The summed E-state index contributed by atoms with van der Waals surface area (Å²) >= 11 is 5.87. The van der Waals surface area contributed by atoms with Crippen molar-refractivity contribution in [3.63, 3.8) is 0 Å². The molecule has 0 saturated carbocycles. The lowest BCUT2D eigenvalue weighted by Crippen LogP contribution is -2.30. The van der Waals surface area contributed by atoms with E-state index in [2.05, 4.69) is 56.3 Å². The highest BCUT2D eigenvalue weighted by molar-refractivity contribution is 7.80. The number of pyridine rings is 1. The molecule has 0 spiro atoms. The Labute approximate surface area is 215 Å². The fraction of sp³-hybridized carbons (Fsp3) is 0.179. The summed E-state index contributed by atoms with van der Waals surface area (Å²) in [7, 11) is 1.50. The number of amides is 1. The Kier molecular flexibility index (Phi) is 6.79. The van der Waals surface area contributed by atoms with Crippen molar-refractivity contribution in [1.82, 2.24) is 14.9 Å². The zero-order valence-electron chi connectivity index (χ0n) is 20.1. The molecule has 0 unspecified atom stereocenters. The fourth-order valence-corrected chi connectivity index (χ4v) is 5.03. The Morgan fingerprint density at radius 3 is 2.44 bits per heavy atom. The second kappa shape index (κ2) is 10.3. The standard InChI is InChI=1S/C28H27N5O2S/c1-19-11-16-24(32(19)21-8-4-3-5-9-21)27-26(23-10-6-7-17-29-23)31-28(36)33(27)22-14-12-20(13-15-22)30-25(34)18-35-2/h3-17,26-27H,18H2,1-2H3,(H,30,34)(H,31,36)/t26-,27+/m1/s1. The van der Waals surface area contributed by atoms with E-state index < -0.39 is 0 Å². The number of rotatable bonds is 7. The molecule has 5 rings (SSSR count). The summed E-state index contributed by atoms with van der Waals surface area (Å²) in [5.41, 5.74) is 5.83. The number of aromatic nitrogens is 2. The van der Waals surface area contributed by atoms with Gasteiger partial charge in [-0.15, -0.1) is 0 Å². The van der Waals surface area contributed by atoms with Gasteiger partial charge in [0.2, 0.25) is 5.91 Å². The summed E-state index contributed by atoms with van der Waals surface area (Å²) in [6.07, 6.45) is 1.80. The molecule has 2 aromatic carbocycles. The van der Waals surface area contributed by atoms with Gasteiger partial charge in [-0.2, -0.15) is 0 Å². The number of thiocarbonyl (C=S) groups is 1. The molecule has 1 fully saturated rings. The minimum absolute atomic E-state index is 0.00549. The number of nitrogens with one attached hydrogen (secondary N) is 2. The third-order valence-corrected chi connectivity index (χ3v) is 6.54. The molecule has 0 aliphatic carbocycles. The molecule has 0 radical (unpaired) electrons. The third-order valence-electron chi connectivity index (χ3n) is 6.23. The molecular formula is C28H27N5O2S. The summed E-state index contributed by atoms with van der Waals surface area (Å²) < 4.78 is 7.17. The number of ether oxygens (including phenoxy) is 1. The molecule has 1 aliphatic heterocycles. The van der Waals surface area contributed by atoms with E-state index >= 15 is 0 Å². The molecule has 36 heavy (non-hydrogen) atoms. The minimum atomic E-state index is -0.201. The maximum Gasteiger partial charge on any atom is 0.250 e. The van der Waals surface area contributed by atoms with E-state index in [0.29, 0.717) is 10.8 Å². The van der Waals surface area contributed by atoms with Gasteiger partial charge in [0.05, 0.1) is 11.7 Å². The number of carbonyl (C=O) groups excluding carboxylic acids is 1. The van der Waals surface area contributed by atoms with Crippen LogP contribution in [0.5, 0.6) is 0 Å². The molecule has 1 aliphatic rings. The summed E-state index contributed by atoms with van der Waals surface area (Å²) in [5.74, 6) is -0.201. The number of para-hydroxylation sites is 1. The number of nitrogens with zero attached hydrogens (tertiary/aromatic N) is 3. The van der Waals surface area contributed by atoms with Crippen LogP contribution >= 0.6 is 12.2 Å². The molecule has 3 heterocycles. The van der Waals surface area contributed by atoms with E-state index in [1.165, 1.54) is 7.11 Å². The number of aryl methyl sites for hydroxylation is 1. The van der Waals surface area contributed by atoms with E-state index in [1.54, 1.807) is 6.20 Å². The number of benzene rings is 2. The molecule has 2 aromatic heterocycles. The van der Waals surface area contributed by atoms with E-state index in [-0.39, 0.29) is 24.6 Å². The van der Waals surface area contributed by atoms with Crippen LogP contribution in [0.4, 0.5) is 11.4 Å². The Bertz CT molecular complexity index is 1360. The van der Waals surface area contributed by atoms with Crippen molar-refractivity contribution >= 4 is 34.6 Å². The second-order valence-electron chi connectivity index (χ2n) is 8.60. The number of hydrogen-bond acceptors (Lipinski definition) is 4. The van der Waals surface area contributed by atoms with Crippen LogP contribution in [0.15, 0.2) is 91.1 Å². The van der Waals surface area contributed by atoms with E-state index in [0.717, 1.165) is 28.5 Å². The minimum Gasteiger partial charge on any atom is -0.375 e. The van der Waals surface area contributed by atoms with Gasteiger partial charge in [-0.05, 0) is 79.8 Å². The summed E-state index contributed by atoms with van der Waals surface area (Å²) in [5, 5.41) is 6.97. The van der Waals surface area contributed by atoms with Gasteiger partial charge in [0.1, 0.15) is 12.6 Å². The third kappa shape index (κ3) is 4.60. The van der Waals surface area contributed by atoms with Gasteiger partial charge >= 0.3 is 0 Å². The Morgan fingerprint density at radius 1 is 1.00 bits per heavy atom. The predicted octanol–water partition coefficient (Wildman–Crippen LogP) is 4.94. The van der Waals surface area contributed by atoms with Crippen molar-refractivity contribution < 1.29 is 9.53 Å². The molecule has 1 amide bonds. The van der Waals surface area contributed by atoms with Gasteiger partial charge in [-0.3, -0.25) is 9.78 Å². The normalized spacial score (nSPS) is 17.2. The predicted molar refractivity (Wildman–Crippen MR) is 145 cm³/mol. The van der Waals surface area contributed by atoms with Crippen LogP contribution in [-0.4, -0.2) is 34.3 Å². The lowest BCUT2D eigenvalue weighted by molar-refractivity contribution is -0.119. The van der Waals surface area contributed by atoms with Crippen molar-refractivity contribution in [3.05, 3.63) is 108 Å². The highest BCUT2D eigenvalue weighted by Crippen LogP contribution is 2.42. The van der Waals surface area contributed by atoms with Gasteiger partial charge < -0.3 is 24.8 Å². The van der Waals surface area contributed by atoms with Crippen molar-refractivity contribution in [3.8, 4) is 5.69 Å². The van der Waals surface area contributed by atoms with Crippen LogP contribution < -0.4 is 15.5 Å². The van der Waals surface area contributed by atoms with Gasteiger partial charge in [0, 0.05) is 41.8 Å². The van der Waals surface area contributed by atoms with Crippen LogP contribution in [-0.2, 0) is 9.53 Å². The molecule has 7 nitrogen and oxygen atoms in total. The highest BCUT2D eigenvalue weighted by Gasteiger charge is 2.42. The molecule has 182 valence electrons. The molecule has 8 heteroatoms. The van der Waals surface area contributed by atoms with Crippen molar-refractivity contribution in [2.24, 2.45) is 0 Å². The monoisotopic (exact) mass is 497 g/mol. The van der Waals surface area contributed by atoms with E-state index in [9.17, 15) is 4.79 Å². The van der Waals surface area contributed by atoms with Crippen LogP contribution in [0.25, 0.3) is 5.69 Å². The van der Waals surface area contributed by atoms with Gasteiger partial charge in [-0.25, -0.2) is 0 Å². The molecular weight excluding hydrogens is 470 g/mol. The molecule has 0 bridgehead atoms. The molecule has 2 N–H and O–H groups in total. The van der Waals surface area contributed by atoms with Gasteiger partial charge in [-0.1, -0.05) is 24.3 Å². The van der Waals surface area contributed by atoms with E-state index in [4.69, 9.17) is 17.0 Å². The lowest BCUT2D eigenvalue weighted by atomic mass is 10.0. The first-order chi connectivity index (χ1) is 17.6. The van der Waals surface area contributed by atoms with Crippen LogP contribution in [0.1, 0.15) is 29.2 Å². The van der Waals surface area contributed by atoms with Crippen molar-refractivity contribution in [1.29, 1.82) is 0 Å². The molecule has 1 saturated heterocycles. The lowest BCUT2D eigenvalue weighted by Gasteiger charge is -2.29. The highest BCUT2D eigenvalue weighted by atomic mass is 32.1. The fourth-order valence-electron chi connectivity index (χ4n) is 4.69. The van der Waals surface area contributed by atoms with Crippen LogP contribution in [0.2, 0.25) is 0 Å². The average Bonchev–Trinajstić information content (AvgIpc) is 3.45. The average molecular weight is 498 g/mol. The zero-order valence-corrected chi connectivity index (χ0v) is 20.9. The number of carbonyl (C=O) groups is 1. The van der Waals surface area contributed by atoms with Gasteiger partial charge in [0.25, 0.3) is 0 Å². The maximum atomic E-state index is 11.9. The Morgan fingerprint density at radius 2 is 1.75 bits per heavy atom. The molecule has 2 atom stereocenters. The molecule has 4 aromatic rings.